The summed E-state index contributed by atoms with van der Waals surface area (Å²) in [6.07, 6.45) is 2.42. The number of sulfonamides is 1. The van der Waals surface area contributed by atoms with Crippen molar-refractivity contribution >= 4 is 40.7 Å². The number of hydrogen-bond acceptors (Lipinski definition) is 7. The molecule has 2 aromatic carbocycles. The van der Waals surface area contributed by atoms with Gasteiger partial charge in [0.15, 0.2) is 0 Å². The molecule has 0 saturated heterocycles. The molecule has 11 nitrogen and oxygen atoms in total. The van der Waals surface area contributed by atoms with Crippen LogP contribution in [-0.4, -0.2) is 53.5 Å². The van der Waals surface area contributed by atoms with E-state index in [-0.39, 0.29) is 39.7 Å². The first kappa shape index (κ1) is 26.3. The number of benzene rings is 2. The van der Waals surface area contributed by atoms with Crippen LogP contribution in [0.4, 0.5) is 5.69 Å². The van der Waals surface area contributed by atoms with Crippen LogP contribution in [0.3, 0.4) is 0 Å². The molecule has 0 aliphatic heterocycles. The van der Waals surface area contributed by atoms with Gasteiger partial charge in [0.1, 0.15) is 6.73 Å². The molecular weight excluding hydrogens is 514 g/mol. The van der Waals surface area contributed by atoms with E-state index in [0.29, 0.717) is 6.61 Å². The number of aromatic nitrogens is 4. The third-order valence-electron chi connectivity index (χ3n) is 5.49. The van der Waals surface area contributed by atoms with Gasteiger partial charge in [-0.3, -0.25) is 14.1 Å². The van der Waals surface area contributed by atoms with Crippen LogP contribution in [0, 0.1) is 0 Å². The standard InChI is InChI=1S/C24H27N5O6SSi/c1-37(2,3)12-11-35-16-28-22(30)20-13-18(27-36(33,34)19-7-5-4-6-8-19)9-10-21(20)26-24(28)29-15-17(14-25-29)23(31)32/h4-10,13-15,27H,11-12,16H2,1-3H3,(H,31,32). The minimum absolute atomic E-state index is 0.0637. The van der Waals surface area contributed by atoms with E-state index in [4.69, 9.17) is 4.74 Å². The second-order valence-electron chi connectivity index (χ2n) is 9.62. The number of hydrogen-bond donors (Lipinski definition) is 2. The van der Waals surface area contributed by atoms with Crippen molar-refractivity contribution in [1.29, 1.82) is 0 Å². The highest BCUT2D eigenvalue weighted by molar-refractivity contribution is 7.92. The number of nitrogens with one attached hydrogen (secondary N) is 1. The Kier molecular flexibility index (Phi) is 7.29. The van der Waals surface area contributed by atoms with Crippen molar-refractivity contribution < 1.29 is 23.1 Å². The lowest BCUT2D eigenvalue weighted by Crippen LogP contribution is -2.29. The molecule has 0 fully saturated rings. The Morgan fingerprint density at radius 1 is 1.14 bits per heavy atom. The summed E-state index contributed by atoms with van der Waals surface area (Å²) in [5.74, 6) is -1.08. The third kappa shape index (κ3) is 6.13. The minimum Gasteiger partial charge on any atom is -0.478 e. The summed E-state index contributed by atoms with van der Waals surface area (Å²) in [7, 11) is -5.24. The number of ether oxygens (including phenoxy) is 1. The number of fused-ring (bicyclic) bond motifs is 1. The summed E-state index contributed by atoms with van der Waals surface area (Å²) < 4.78 is 36.3. The molecule has 2 aromatic heterocycles. The van der Waals surface area contributed by atoms with E-state index in [0.717, 1.165) is 12.2 Å². The summed E-state index contributed by atoms with van der Waals surface area (Å²) in [4.78, 5) is 29.5. The molecule has 0 bridgehead atoms. The van der Waals surface area contributed by atoms with Crippen LogP contribution < -0.4 is 10.3 Å². The molecule has 4 aromatic rings. The smallest absolute Gasteiger partial charge is 0.338 e. The quantitative estimate of drug-likeness (QED) is 0.230. The van der Waals surface area contributed by atoms with Gasteiger partial charge in [-0.1, -0.05) is 37.8 Å². The van der Waals surface area contributed by atoms with Crippen LogP contribution in [0.5, 0.6) is 0 Å². The number of rotatable bonds is 10. The summed E-state index contributed by atoms with van der Waals surface area (Å²) in [6, 6.07) is 13.2. The van der Waals surface area contributed by atoms with Crippen LogP contribution in [0.25, 0.3) is 16.9 Å². The molecule has 13 heteroatoms. The Hall–Kier alpha value is -3.81. The highest BCUT2D eigenvalue weighted by Crippen LogP contribution is 2.20. The zero-order valence-electron chi connectivity index (χ0n) is 20.6. The molecule has 0 atom stereocenters. The molecular formula is C24H27N5O6SSi. The molecule has 4 rings (SSSR count). The summed E-state index contributed by atoms with van der Waals surface area (Å²) in [5, 5.41) is 13.5. The molecule has 0 spiro atoms. The fourth-order valence-corrected chi connectivity index (χ4v) is 5.28. The largest absolute Gasteiger partial charge is 0.478 e. The SMILES string of the molecule is C[Si](C)(C)CCOCn1c(-n2cc(C(=O)O)cn2)nc2ccc(NS(=O)(=O)c3ccccc3)cc2c1=O. The van der Waals surface area contributed by atoms with E-state index >= 15 is 0 Å². The zero-order valence-corrected chi connectivity index (χ0v) is 22.4. The van der Waals surface area contributed by atoms with Crippen LogP contribution >= 0.6 is 0 Å². The van der Waals surface area contributed by atoms with Gasteiger partial charge < -0.3 is 9.84 Å². The van der Waals surface area contributed by atoms with Crippen molar-refractivity contribution in [2.75, 3.05) is 11.3 Å². The fourth-order valence-electron chi connectivity index (χ4n) is 3.45. The second kappa shape index (κ2) is 10.3. The van der Waals surface area contributed by atoms with Gasteiger partial charge in [0.25, 0.3) is 15.6 Å². The van der Waals surface area contributed by atoms with Crippen LogP contribution in [0.15, 0.2) is 70.6 Å². The maximum atomic E-state index is 13.6. The highest BCUT2D eigenvalue weighted by Gasteiger charge is 2.19. The number of carboxylic acid groups (broad SMARTS) is 1. The van der Waals surface area contributed by atoms with Crippen molar-refractivity contribution in [3.63, 3.8) is 0 Å². The van der Waals surface area contributed by atoms with Gasteiger partial charge in [-0.15, -0.1) is 0 Å². The average Bonchev–Trinajstić information content (AvgIpc) is 3.33. The van der Waals surface area contributed by atoms with E-state index in [1.54, 1.807) is 18.2 Å². The highest BCUT2D eigenvalue weighted by atomic mass is 32.2. The molecule has 0 unspecified atom stereocenters. The molecule has 0 amide bonds. The first-order valence-electron chi connectivity index (χ1n) is 11.4. The molecule has 0 aliphatic carbocycles. The lowest BCUT2D eigenvalue weighted by molar-refractivity contribution is 0.0697. The molecule has 2 heterocycles. The second-order valence-corrected chi connectivity index (χ2v) is 16.9. The van der Waals surface area contributed by atoms with Crippen molar-refractivity contribution in [2.24, 2.45) is 0 Å². The van der Waals surface area contributed by atoms with Crippen molar-refractivity contribution in [1.82, 2.24) is 19.3 Å². The Balaban J connectivity index is 1.75. The van der Waals surface area contributed by atoms with Crippen molar-refractivity contribution in [2.45, 2.75) is 37.3 Å². The summed E-state index contributed by atoms with van der Waals surface area (Å²) >= 11 is 0. The summed E-state index contributed by atoms with van der Waals surface area (Å²) in [5.41, 5.74) is -0.0674. The fraction of sp³-hybridized carbons (Fsp3) is 0.250. The monoisotopic (exact) mass is 541 g/mol. The lowest BCUT2D eigenvalue weighted by atomic mass is 10.2. The van der Waals surface area contributed by atoms with Crippen LogP contribution in [0.1, 0.15) is 10.4 Å². The number of carbonyl (C=O) groups is 1. The predicted molar refractivity (Wildman–Crippen MR) is 141 cm³/mol. The van der Waals surface area contributed by atoms with Gasteiger partial charge in [0, 0.05) is 26.6 Å². The van der Waals surface area contributed by atoms with Crippen LogP contribution in [0.2, 0.25) is 25.7 Å². The Labute approximate surface area is 214 Å². The third-order valence-corrected chi connectivity index (χ3v) is 8.59. The normalized spacial score (nSPS) is 12.1. The number of anilines is 1. The van der Waals surface area contributed by atoms with Crippen molar-refractivity contribution in [3.8, 4) is 5.95 Å². The summed E-state index contributed by atoms with van der Waals surface area (Å²) in [6.45, 7) is 6.93. The molecule has 2 N–H and O–H groups in total. The van der Waals surface area contributed by atoms with E-state index in [1.165, 1.54) is 45.8 Å². The van der Waals surface area contributed by atoms with E-state index in [9.17, 15) is 23.1 Å². The minimum atomic E-state index is -3.86. The van der Waals surface area contributed by atoms with Gasteiger partial charge in [0.05, 0.1) is 27.6 Å². The topological polar surface area (TPSA) is 145 Å². The Morgan fingerprint density at radius 2 is 1.86 bits per heavy atom. The maximum absolute atomic E-state index is 13.6. The maximum Gasteiger partial charge on any atom is 0.338 e. The average molecular weight is 542 g/mol. The number of carboxylic acids is 1. The Bertz CT molecular complexity index is 1610. The Morgan fingerprint density at radius 3 is 2.51 bits per heavy atom. The molecule has 0 radical (unpaired) electrons. The van der Waals surface area contributed by atoms with Gasteiger partial charge in [-0.2, -0.15) is 5.10 Å². The van der Waals surface area contributed by atoms with Gasteiger partial charge in [0.2, 0.25) is 5.95 Å². The van der Waals surface area contributed by atoms with Crippen LogP contribution in [-0.2, 0) is 21.5 Å². The van der Waals surface area contributed by atoms with E-state index in [1.807, 2.05) is 0 Å². The molecule has 0 aliphatic rings. The number of aromatic carboxylic acids is 1. The molecule has 0 saturated carbocycles. The lowest BCUT2D eigenvalue weighted by Gasteiger charge is -2.17. The first-order valence-corrected chi connectivity index (χ1v) is 16.6. The van der Waals surface area contributed by atoms with Crippen molar-refractivity contribution in [3.05, 3.63) is 76.8 Å². The molecule has 37 heavy (non-hydrogen) atoms. The molecule has 194 valence electrons. The van der Waals surface area contributed by atoms with Gasteiger partial charge in [-0.25, -0.2) is 22.9 Å². The zero-order chi connectivity index (χ0) is 26.8. The van der Waals surface area contributed by atoms with E-state index < -0.39 is 29.6 Å². The predicted octanol–water partition coefficient (Wildman–Crippen LogP) is 3.39. The van der Waals surface area contributed by atoms with E-state index in [2.05, 4.69) is 34.4 Å². The number of nitrogens with zero attached hydrogens (tertiary/aromatic N) is 4. The van der Waals surface area contributed by atoms with Gasteiger partial charge >= 0.3 is 5.97 Å². The first-order chi connectivity index (χ1) is 17.4. The van der Waals surface area contributed by atoms with Gasteiger partial charge in [-0.05, 0) is 36.4 Å².